The van der Waals surface area contributed by atoms with Gasteiger partial charge in [-0.2, -0.15) is 0 Å². The van der Waals surface area contributed by atoms with Crippen molar-refractivity contribution in [3.05, 3.63) is 92.5 Å². The van der Waals surface area contributed by atoms with Gasteiger partial charge in [0.15, 0.2) is 0 Å². The van der Waals surface area contributed by atoms with Gasteiger partial charge < -0.3 is 20.1 Å². The summed E-state index contributed by atoms with van der Waals surface area (Å²) in [7, 11) is 3.87. The van der Waals surface area contributed by atoms with Crippen molar-refractivity contribution in [3.63, 3.8) is 0 Å². The van der Waals surface area contributed by atoms with Crippen molar-refractivity contribution >= 4 is 51.7 Å². The number of carbonyl (C=O) groups excluding carboxylic acids is 2. The van der Waals surface area contributed by atoms with Crippen LogP contribution in [-0.4, -0.2) is 34.5 Å². The number of benzene rings is 3. The molecular formula is C37H44Cl2FN5O2. The van der Waals surface area contributed by atoms with Crippen LogP contribution in [0.4, 0.5) is 10.1 Å². The minimum Gasteiger partial charge on any atom is -0.370 e. The number of anilines is 1. The largest absolute Gasteiger partial charge is 0.370 e. The molecule has 7 nitrogen and oxygen atoms in total. The third-order valence-electron chi connectivity index (χ3n) is 9.15. The second-order valence-corrected chi connectivity index (χ2v) is 14.8. The summed E-state index contributed by atoms with van der Waals surface area (Å²) in [6.45, 7) is 8.61. The second-order valence-electron chi connectivity index (χ2n) is 14.0. The van der Waals surface area contributed by atoms with Crippen molar-refractivity contribution in [2.45, 2.75) is 78.9 Å². The summed E-state index contributed by atoms with van der Waals surface area (Å²) in [4.78, 5) is 33.3. The van der Waals surface area contributed by atoms with Gasteiger partial charge in [0.05, 0.1) is 27.3 Å². The van der Waals surface area contributed by atoms with Crippen molar-refractivity contribution in [2.24, 2.45) is 18.4 Å². The Morgan fingerprint density at radius 2 is 1.72 bits per heavy atom. The summed E-state index contributed by atoms with van der Waals surface area (Å²) >= 11 is 13.5. The van der Waals surface area contributed by atoms with Crippen LogP contribution < -0.4 is 15.5 Å². The van der Waals surface area contributed by atoms with Gasteiger partial charge in [-0.3, -0.25) is 9.59 Å². The molecule has 2 N–H and O–H groups in total. The number of aryl methyl sites for hydroxylation is 1. The highest BCUT2D eigenvalue weighted by Crippen LogP contribution is 2.33. The molecule has 0 unspecified atom stereocenters. The van der Waals surface area contributed by atoms with Crippen molar-refractivity contribution in [2.75, 3.05) is 11.9 Å². The van der Waals surface area contributed by atoms with Gasteiger partial charge >= 0.3 is 0 Å². The van der Waals surface area contributed by atoms with Gasteiger partial charge in [0.1, 0.15) is 11.6 Å². The summed E-state index contributed by atoms with van der Waals surface area (Å²) in [5.41, 5.74) is 4.72. The monoisotopic (exact) mass is 679 g/mol. The molecule has 1 aliphatic carbocycles. The van der Waals surface area contributed by atoms with Crippen molar-refractivity contribution < 1.29 is 14.0 Å². The van der Waals surface area contributed by atoms with Gasteiger partial charge in [-0.25, -0.2) is 9.37 Å². The fourth-order valence-electron chi connectivity index (χ4n) is 6.09. The third-order valence-corrected chi connectivity index (χ3v) is 9.98. The molecule has 0 aliphatic heterocycles. The lowest BCUT2D eigenvalue weighted by atomic mass is 9.87. The van der Waals surface area contributed by atoms with E-state index in [9.17, 15) is 14.0 Å². The lowest BCUT2D eigenvalue weighted by Crippen LogP contribution is -2.38. The first kappa shape index (κ1) is 34.7. The molecule has 0 atom stereocenters. The number of imidazole rings is 1. The van der Waals surface area contributed by atoms with Crippen LogP contribution in [0.2, 0.25) is 10.0 Å². The number of halogens is 3. The number of carbonyl (C=O) groups is 2. The van der Waals surface area contributed by atoms with E-state index in [2.05, 4.69) is 17.6 Å². The van der Waals surface area contributed by atoms with Crippen LogP contribution in [0.15, 0.2) is 48.5 Å². The Hall–Kier alpha value is -3.62. The van der Waals surface area contributed by atoms with Gasteiger partial charge in [-0.15, -0.1) is 0 Å². The molecule has 2 amide bonds. The molecule has 1 aromatic heterocycles. The summed E-state index contributed by atoms with van der Waals surface area (Å²) in [5.74, 6) is 0.913. The van der Waals surface area contributed by atoms with Crippen molar-refractivity contribution in [1.82, 2.24) is 20.2 Å². The molecule has 0 bridgehead atoms. The fraction of sp³-hybridized carbons (Fsp3) is 0.432. The molecule has 1 aliphatic rings. The van der Waals surface area contributed by atoms with E-state index in [1.807, 2.05) is 62.5 Å². The van der Waals surface area contributed by atoms with E-state index in [0.717, 1.165) is 53.8 Å². The fourth-order valence-corrected chi connectivity index (χ4v) is 6.66. The van der Waals surface area contributed by atoms with Crippen LogP contribution in [0.1, 0.15) is 86.3 Å². The SMILES string of the molecule is CC1CCC(NC(=O)c2cc3nc(Cc4c(Cl)ccc(CNC(=O)C(C)(C)C)c4Cl)n(C)c3cc2N(C)Cc2ccc(F)cc2)CC1. The maximum atomic E-state index is 13.9. The highest BCUT2D eigenvalue weighted by molar-refractivity contribution is 6.36. The number of amides is 2. The molecular weight excluding hydrogens is 636 g/mol. The van der Waals surface area contributed by atoms with Crippen LogP contribution in [0.25, 0.3) is 11.0 Å². The third kappa shape index (κ3) is 8.10. The van der Waals surface area contributed by atoms with E-state index in [1.165, 1.54) is 12.1 Å². The van der Waals surface area contributed by atoms with E-state index in [0.29, 0.717) is 45.6 Å². The zero-order valence-electron chi connectivity index (χ0n) is 28.0. The maximum Gasteiger partial charge on any atom is 0.253 e. The van der Waals surface area contributed by atoms with E-state index in [1.54, 1.807) is 18.2 Å². The highest BCUT2D eigenvalue weighted by atomic mass is 35.5. The quantitative estimate of drug-likeness (QED) is 0.187. The van der Waals surface area contributed by atoms with E-state index in [4.69, 9.17) is 28.2 Å². The lowest BCUT2D eigenvalue weighted by Gasteiger charge is -2.28. The number of aromatic nitrogens is 2. The van der Waals surface area contributed by atoms with Crippen LogP contribution in [-0.2, 0) is 31.4 Å². The van der Waals surface area contributed by atoms with Gasteiger partial charge in [-0.1, -0.05) is 69.1 Å². The van der Waals surface area contributed by atoms with Gasteiger partial charge in [0, 0.05) is 50.1 Å². The molecule has 1 heterocycles. The Bertz CT molecular complexity index is 1770. The zero-order valence-corrected chi connectivity index (χ0v) is 29.5. The molecule has 1 saturated carbocycles. The summed E-state index contributed by atoms with van der Waals surface area (Å²) in [5, 5.41) is 7.24. The van der Waals surface area contributed by atoms with E-state index in [-0.39, 0.29) is 30.2 Å². The second kappa shape index (κ2) is 14.2. The maximum absolute atomic E-state index is 13.9. The van der Waals surface area contributed by atoms with Crippen LogP contribution in [0, 0.1) is 17.2 Å². The molecule has 0 radical (unpaired) electrons. The van der Waals surface area contributed by atoms with Crippen LogP contribution in [0.5, 0.6) is 0 Å². The smallest absolute Gasteiger partial charge is 0.253 e. The number of rotatable bonds is 9. The zero-order chi connectivity index (χ0) is 34.0. The number of fused-ring (bicyclic) bond motifs is 1. The van der Waals surface area contributed by atoms with Gasteiger partial charge in [-0.05, 0) is 78.6 Å². The molecule has 3 aromatic carbocycles. The van der Waals surface area contributed by atoms with E-state index >= 15 is 0 Å². The molecule has 1 fully saturated rings. The lowest BCUT2D eigenvalue weighted by molar-refractivity contribution is -0.128. The molecule has 250 valence electrons. The Labute approximate surface area is 286 Å². The Morgan fingerprint density at radius 1 is 1.04 bits per heavy atom. The first-order valence-corrected chi connectivity index (χ1v) is 17.0. The Kier molecular flexibility index (Phi) is 10.5. The molecule has 4 aromatic rings. The minimum absolute atomic E-state index is 0.0708. The standard InChI is InChI=1S/C37H44Cl2FN5O2/c1-22-7-14-26(15-8-22)42-35(46)28-17-30-32(19-31(28)44(5)21-23-9-12-25(40)13-10-23)45(6)33(43-30)18-27-29(38)16-11-24(34(27)39)20-41-36(47)37(2,3)4/h9-13,16-17,19,22,26H,7-8,14-15,18,20-21H2,1-6H3,(H,41,47)(H,42,46). The Balaban J connectivity index is 1.48. The highest BCUT2D eigenvalue weighted by Gasteiger charge is 2.25. The summed E-state index contributed by atoms with van der Waals surface area (Å²) in [6.07, 6.45) is 4.47. The normalized spacial score (nSPS) is 16.7. The molecule has 0 saturated heterocycles. The molecule has 47 heavy (non-hydrogen) atoms. The predicted molar refractivity (Wildman–Crippen MR) is 189 cm³/mol. The number of hydrogen-bond acceptors (Lipinski definition) is 4. The molecule has 10 heteroatoms. The predicted octanol–water partition coefficient (Wildman–Crippen LogP) is 8.22. The first-order chi connectivity index (χ1) is 22.2. The average Bonchev–Trinajstić information content (AvgIpc) is 3.33. The molecule has 5 rings (SSSR count). The van der Waals surface area contributed by atoms with E-state index < -0.39 is 5.41 Å². The average molecular weight is 681 g/mol. The number of hydrogen-bond donors (Lipinski definition) is 2. The minimum atomic E-state index is -0.522. The summed E-state index contributed by atoms with van der Waals surface area (Å²) < 4.78 is 15.6. The van der Waals surface area contributed by atoms with Crippen molar-refractivity contribution in [3.8, 4) is 0 Å². The topological polar surface area (TPSA) is 79.3 Å². The number of nitrogens with zero attached hydrogens (tertiary/aromatic N) is 3. The first-order valence-electron chi connectivity index (χ1n) is 16.2. The van der Waals surface area contributed by atoms with Gasteiger partial charge in [0.2, 0.25) is 5.91 Å². The van der Waals surface area contributed by atoms with Gasteiger partial charge in [0.25, 0.3) is 5.91 Å². The number of nitrogens with one attached hydrogen (secondary N) is 2. The van der Waals surface area contributed by atoms with Crippen LogP contribution in [0.3, 0.4) is 0 Å². The van der Waals surface area contributed by atoms with Crippen molar-refractivity contribution in [1.29, 1.82) is 0 Å². The summed E-state index contributed by atoms with van der Waals surface area (Å²) in [6, 6.07) is 14.0. The molecule has 0 spiro atoms. The Morgan fingerprint density at radius 3 is 2.38 bits per heavy atom. The van der Waals surface area contributed by atoms with Crippen LogP contribution >= 0.6 is 23.2 Å².